The summed E-state index contributed by atoms with van der Waals surface area (Å²) in [4.78, 5) is 27.4. The van der Waals surface area contributed by atoms with E-state index >= 15 is 0 Å². The van der Waals surface area contributed by atoms with Gasteiger partial charge in [0.2, 0.25) is 11.8 Å². The Morgan fingerprint density at radius 1 is 1.11 bits per heavy atom. The number of carbonyl (C=O) groups is 2. The lowest BCUT2D eigenvalue weighted by Gasteiger charge is -2.07. The van der Waals surface area contributed by atoms with Crippen LogP contribution in [0, 0.1) is 6.92 Å². The third kappa shape index (κ3) is 4.94. The van der Waals surface area contributed by atoms with E-state index < -0.39 is 5.91 Å². The Morgan fingerprint density at radius 3 is 2.48 bits per heavy atom. The van der Waals surface area contributed by atoms with E-state index in [0.29, 0.717) is 28.8 Å². The minimum absolute atomic E-state index is 0.0993. The Balaban J connectivity index is 1.61. The monoisotopic (exact) mass is 365 g/mol. The van der Waals surface area contributed by atoms with Crippen LogP contribution in [-0.4, -0.2) is 23.4 Å². The molecule has 0 bridgehead atoms. The summed E-state index contributed by atoms with van der Waals surface area (Å²) in [6.45, 7) is 1.59. The lowest BCUT2D eigenvalue weighted by Crippen LogP contribution is -2.20. The van der Waals surface area contributed by atoms with Crippen molar-refractivity contribution in [2.24, 2.45) is 5.73 Å². The Kier molecular flexibility index (Phi) is 5.51. The molecule has 0 aliphatic heterocycles. The predicted octanol–water partition coefficient (Wildman–Crippen LogP) is 2.70. The molecular weight excluding hydrogens is 346 g/mol. The van der Waals surface area contributed by atoms with Gasteiger partial charge >= 0.3 is 0 Å². The maximum atomic E-state index is 12.3. The van der Waals surface area contributed by atoms with Gasteiger partial charge in [0.05, 0.1) is 12.1 Å². The van der Waals surface area contributed by atoms with Gasteiger partial charge in [0, 0.05) is 11.3 Å². The third-order valence-electron chi connectivity index (χ3n) is 3.76. The van der Waals surface area contributed by atoms with Crippen LogP contribution in [0.3, 0.4) is 0 Å². The van der Waals surface area contributed by atoms with Crippen molar-refractivity contribution >= 4 is 17.5 Å². The van der Waals surface area contributed by atoms with Gasteiger partial charge in [-0.05, 0) is 43.3 Å². The molecule has 1 heterocycles. The molecule has 0 spiro atoms. The largest absolute Gasteiger partial charge is 0.484 e. The Bertz CT molecular complexity index is 934. The number of hydrogen-bond acceptors (Lipinski definition) is 5. The van der Waals surface area contributed by atoms with E-state index in [4.69, 9.17) is 14.9 Å². The summed E-state index contributed by atoms with van der Waals surface area (Å²) in [5, 5.41) is 2.79. The first-order valence-electron chi connectivity index (χ1n) is 8.34. The minimum atomic E-state index is -0.551. The maximum absolute atomic E-state index is 12.3. The second-order valence-electron chi connectivity index (χ2n) is 5.89. The molecule has 0 fully saturated rings. The number of rotatable bonds is 7. The SMILES string of the molecule is Cc1oc(-c2ccccc2)nc1CC(=O)Nc1ccc(OCC(N)=O)cc1. The maximum Gasteiger partial charge on any atom is 0.255 e. The van der Waals surface area contributed by atoms with Crippen molar-refractivity contribution in [3.63, 3.8) is 0 Å². The molecule has 0 saturated carbocycles. The van der Waals surface area contributed by atoms with Crippen LogP contribution in [0.4, 0.5) is 5.69 Å². The average molecular weight is 365 g/mol. The van der Waals surface area contributed by atoms with Crippen molar-refractivity contribution in [2.45, 2.75) is 13.3 Å². The molecule has 3 N–H and O–H groups in total. The molecule has 3 rings (SSSR count). The fourth-order valence-corrected chi connectivity index (χ4v) is 2.44. The minimum Gasteiger partial charge on any atom is -0.484 e. The summed E-state index contributed by atoms with van der Waals surface area (Å²) in [7, 11) is 0. The van der Waals surface area contributed by atoms with Crippen LogP contribution >= 0.6 is 0 Å². The molecule has 3 aromatic rings. The van der Waals surface area contributed by atoms with Gasteiger partial charge in [-0.1, -0.05) is 18.2 Å². The van der Waals surface area contributed by atoms with E-state index in [0.717, 1.165) is 5.56 Å². The van der Waals surface area contributed by atoms with Crippen LogP contribution in [-0.2, 0) is 16.0 Å². The fraction of sp³-hybridized carbons (Fsp3) is 0.150. The van der Waals surface area contributed by atoms with Crippen LogP contribution in [0.1, 0.15) is 11.5 Å². The standard InChI is InChI=1S/C20H19N3O4/c1-13-17(23-20(27-13)14-5-3-2-4-6-14)11-19(25)22-15-7-9-16(10-8-15)26-12-18(21)24/h2-10H,11-12H2,1H3,(H2,21,24)(H,22,25). The molecule has 0 aliphatic rings. The first-order valence-corrected chi connectivity index (χ1v) is 8.34. The number of nitrogens with two attached hydrogens (primary N) is 1. The van der Waals surface area contributed by atoms with E-state index in [2.05, 4.69) is 10.3 Å². The summed E-state index contributed by atoms with van der Waals surface area (Å²) < 4.78 is 10.8. The summed E-state index contributed by atoms with van der Waals surface area (Å²) >= 11 is 0. The lowest BCUT2D eigenvalue weighted by molar-refractivity contribution is -0.120. The number of benzene rings is 2. The van der Waals surface area contributed by atoms with E-state index in [9.17, 15) is 9.59 Å². The molecule has 0 aliphatic carbocycles. The van der Waals surface area contributed by atoms with Crippen LogP contribution in [0.15, 0.2) is 59.0 Å². The van der Waals surface area contributed by atoms with Gasteiger partial charge < -0.3 is 20.2 Å². The highest BCUT2D eigenvalue weighted by Gasteiger charge is 2.14. The van der Waals surface area contributed by atoms with Crippen molar-refractivity contribution in [1.82, 2.24) is 4.98 Å². The van der Waals surface area contributed by atoms with Gasteiger partial charge in [-0.25, -0.2) is 4.98 Å². The fourth-order valence-electron chi connectivity index (χ4n) is 2.44. The van der Waals surface area contributed by atoms with Gasteiger partial charge in [0.1, 0.15) is 11.5 Å². The number of ether oxygens (including phenoxy) is 1. The second-order valence-corrected chi connectivity index (χ2v) is 5.89. The molecule has 2 amide bonds. The number of aryl methyl sites for hydroxylation is 1. The van der Waals surface area contributed by atoms with Crippen molar-refractivity contribution in [3.05, 3.63) is 66.1 Å². The molecule has 0 atom stereocenters. The van der Waals surface area contributed by atoms with E-state index in [-0.39, 0.29) is 18.9 Å². The van der Waals surface area contributed by atoms with E-state index in [1.807, 2.05) is 30.3 Å². The summed E-state index contributed by atoms with van der Waals surface area (Å²) in [5.74, 6) is 0.833. The number of amides is 2. The van der Waals surface area contributed by atoms with Gasteiger partial charge in [-0.2, -0.15) is 0 Å². The lowest BCUT2D eigenvalue weighted by atomic mass is 10.2. The third-order valence-corrected chi connectivity index (χ3v) is 3.76. The zero-order valence-electron chi connectivity index (χ0n) is 14.8. The Hall–Kier alpha value is -3.61. The topological polar surface area (TPSA) is 107 Å². The first kappa shape index (κ1) is 18.2. The number of carbonyl (C=O) groups excluding carboxylic acids is 2. The van der Waals surface area contributed by atoms with Crippen molar-refractivity contribution in [1.29, 1.82) is 0 Å². The molecule has 7 nitrogen and oxygen atoms in total. The molecule has 7 heteroatoms. The molecular formula is C20H19N3O4. The number of nitrogens with one attached hydrogen (secondary N) is 1. The Morgan fingerprint density at radius 2 is 1.81 bits per heavy atom. The molecule has 0 radical (unpaired) electrons. The first-order chi connectivity index (χ1) is 13.0. The highest BCUT2D eigenvalue weighted by molar-refractivity contribution is 5.92. The number of anilines is 1. The summed E-state index contributed by atoms with van der Waals surface area (Å²) in [6.07, 6.45) is 0.0993. The number of primary amides is 1. The van der Waals surface area contributed by atoms with Crippen LogP contribution in [0.5, 0.6) is 5.75 Å². The van der Waals surface area contributed by atoms with Crippen LogP contribution in [0.25, 0.3) is 11.5 Å². The summed E-state index contributed by atoms with van der Waals surface area (Å²) in [6, 6.07) is 16.2. The normalized spacial score (nSPS) is 10.4. The van der Waals surface area contributed by atoms with Gasteiger partial charge in [0.25, 0.3) is 5.91 Å². The molecule has 0 unspecified atom stereocenters. The number of hydrogen-bond donors (Lipinski definition) is 2. The average Bonchev–Trinajstić information content (AvgIpc) is 3.02. The number of nitrogens with zero attached hydrogens (tertiary/aromatic N) is 1. The highest BCUT2D eigenvalue weighted by atomic mass is 16.5. The zero-order valence-corrected chi connectivity index (χ0v) is 14.8. The number of oxazole rings is 1. The Labute approximate surface area is 156 Å². The number of aromatic nitrogens is 1. The van der Waals surface area contributed by atoms with Crippen molar-refractivity contribution in [3.8, 4) is 17.2 Å². The molecule has 0 saturated heterocycles. The van der Waals surface area contributed by atoms with Gasteiger partial charge in [-0.3, -0.25) is 9.59 Å². The zero-order chi connectivity index (χ0) is 19.2. The molecule has 27 heavy (non-hydrogen) atoms. The van der Waals surface area contributed by atoms with Gasteiger partial charge in [-0.15, -0.1) is 0 Å². The highest BCUT2D eigenvalue weighted by Crippen LogP contribution is 2.22. The molecule has 1 aromatic heterocycles. The van der Waals surface area contributed by atoms with Gasteiger partial charge in [0.15, 0.2) is 6.61 Å². The summed E-state index contributed by atoms with van der Waals surface area (Å²) in [5.41, 5.74) is 7.08. The van der Waals surface area contributed by atoms with Crippen LogP contribution in [0.2, 0.25) is 0 Å². The van der Waals surface area contributed by atoms with E-state index in [1.165, 1.54) is 0 Å². The molecule has 2 aromatic carbocycles. The van der Waals surface area contributed by atoms with Crippen molar-refractivity contribution < 1.29 is 18.7 Å². The quantitative estimate of drug-likeness (QED) is 0.669. The van der Waals surface area contributed by atoms with Crippen LogP contribution < -0.4 is 15.8 Å². The predicted molar refractivity (Wildman–Crippen MR) is 100 cm³/mol. The smallest absolute Gasteiger partial charge is 0.255 e. The van der Waals surface area contributed by atoms with E-state index in [1.54, 1.807) is 31.2 Å². The van der Waals surface area contributed by atoms with Crippen molar-refractivity contribution in [2.75, 3.05) is 11.9 Å². The molecule has 138 valence electrons. The second kappa shape index (κ2) is 8.18.